The molecule has 0 unspecified atom stereocenters. The summed E-state index contributed by atoms with van der Waals surface area (Å²) < 4.78 is 0. The third-order valence-corrected chi connectivity index (χ3v) is 5.33. The van der Waals surface area contributed by atoms with Gasteiger partial charge in [0, 0.05) is 25.2 Å². The normalized spacial score (nSPS) is 15.3. The van der Waals surface area contributed by atoms with Crippen molar-refractivity contribution in [2.75, 3.05) is 18.8 Å². The van der Waals surface area contributed by atoms with Gasteiger partial charge in [0.1, 0.15) is 0 Å². The Labute approximate surface area is 148 Å². The van der Waals surface area contributed by atoms with Crippen LogP contribution < -0.4 is 0 Å². The molecule has 4 nitrogen and oxygen atoms in total. The fraction of sp³-hybridized carbons (Fsp3) is 0.474. The number of carbonyl (C=O) groups is 1. The number of amides is 1. The molecule has 1 aliphatic heterocycles. The van der Waals surface area contributed by atoms with Gasteiger partial charge in [0.05, 0.1) is 11.4 Å². The van der Waals surface area contributed by atoms with E-state index in [2.05, 4.69) is 22.1 Å². The molecule has 24 heavy (non-hydrogen) atoms. The molecule has 0 aliphatic carbocycles. The van der Waals surface area contributed by atoms with Gasteiger partial charge >= 0.3 is 0 Å². The van der Waals surface area contributed by atoms with Gasteiger partial charge in [-0.1, -0.05) is 54.9 Å². The van der Waals surface area contributed by atoms with E-state index in [9.17, 15) is 4.79 Å². The Kier molecular flexibility index (Phi) is 5.96. The van der Waals surface area contributed by atoms with E-state index in [-0.39, 0.29) is 5.91 Å². The first kappa shape index (κ1) is 17.1. The number of benzene rings is 1. The van der Waals surface area contributed by atoms with Gasteiger partial charge in [-0.2, -0.15) is 0 Å². The summed E-state index contributed by atoms with van der Waals surface area (Å²) in [5.74, 6) is 0.707. The van der Waals surface area contributed by atoms with Crippen LogP contribution in [0.4, 0.5) is 0 Å². The van der Waals surface area contributed by atoms with E-state index in [1.54, 1.807) is 0 Å². The van der Waals surface area contributed by atoms with Gasteiger partial charge in [-0.15, -0.1) is 0 Å². The van der Waals surface area contributed by atoms with Gasteiger partial charge in [0.2, 0.25) is 5.91 Å². The molecule has 1 aromatic heterocycles. The zero-order valence-electron chi connectivity index (χ0n) is 14.3. The monoisotopic (exact) mass is 343 g/mol. The summed E-state index contributed by atoms with van der Waals surface area (Å²) in [5.41, 5.74) is 3.40. The highest BCUT2D eigenvalue weighted by molar-refractivity contribution is 7.99. The van der Waals surface area contributed by atoms with Crippen molar-refractivity contribution in [3.63, 3.8) is 0 Å². The highest BCUT2D eigenvalue weighted by Gasteiger charge is 2.16. The van der Waals surface area contributed by atoms with Gasteiger partial charge in [-0.05, 0) is 25.3 Å². The molecule has 3 rings (SSSR count). The number of aromatic amines is 1. The van der Waals surface area contributed by atoms with Crippen LogP contribution in [0.2, 0.25) is 0 Å². The van der Waals surface area contributed by atoms with E-state index in [4.69, 9.17) is 0 Å². The van der Waals surface area contributed by atoms with Crippen molar-refractivity contribution in [3.8, 4) is 0 Å². The minimum Gasteiger partial charge on any atom is -0.342 e. The fourth-order valence-electron chi connectivity index (χ4n) is 3.04. The number of thioether (sulfide) groups is 1. The number of nitrogens with zero attached hydrogens (tertiary/aromatic N) is 2. The Morgan fingerprint density at radius 1 is 1.17 bits per heavy atom. The number of aromatic nitrogens is 2. The highest BCUT2D eigenvalue weighted by Crippen LogP contribution is 2.20. The molecule has 1 aromatic carbocycles. The van der Waals surface area contributed by atoms with Crippen LogP contribution in [0.1, 0.15) is 42.6 Å². The minimum absolute atomic E-state index is 0.237. The number of aryl methyl sites for hydroxylation is 1. The molecule has 1 amide bonds. The van der Waals surface area contributed by atoms with Crippen molar-refractivity contribution >= 4 is 17.7 Å². The van der Waals surface area contributed by atoms with E-state index >= 15 is 0 Å². The number of likely N-dealkylation sites (tertiary alicyclic amines) is 1. The minimum atomic E-state index is 0.237. The molecule has 0 atom stereocenters. The predicted molar refractivity (Wildman–Crippen MR) is 98.3 cm³/mol. The van der Waals surface area contributed by atoms with Crippen molar-refractivity contribution in [1.29, 1.82) is 0 Å². The molecule has 0 bridgehead atoms. The molecule has 1 saturated heterocycles. The molecule has 2 heterocycles. The zero-order valence-corrected chi connectivity index (χ0v) is 15.1. The van der Waals surface area contributed by atoms with E-state index in [0.29, 0.717) is 5.75 Å². The molecular weight excluding hydrogens is 318 g/mol. The number of nitrogens with one attached hydrogen (secondary N) is 1. The lowest BCUT2D eigenvalue weighted by Gasteiger charge is -2.19. The Hall–Kier alpha value is -1.75. The second kappa shape index (κ2) is 8.38. The lowest BCUT2D eigenvalue weighted by Crippen LogP contribution is -2.33. The van der Waals surface area contributed by atoms with Crippen LogP contribution in [0, 0.1) is 6.92 Å². The second-order valence-corrected chi connectivity index (χ2v) is 7.32. The van der Waals surface area contributed by atoms with Crippen LogP contribution in [-0.4, -0.2) is 39.6 Å². The summed E-state index contributed by atoms with van der Waals surface area (Å²) in [5, 5.41) is 0.849. The molecule has 2 aromatic rings. The van der Waals surface area contributed by atoms with Crippen molar-refractivity contribution in [3.05, 3.63) is 47.3 Å². The number of hydrogen-bond donors (Lipinski definition) is 1. The SMILES string of the molecule is Cc1[nH]c(SCC(=O)N2CCCCCC2)nc1Cc1ccccc1. The van der Waals surface area contributed by atoms with Gasteiger partial charge < -0.3 is 9.88 Å². The summed E-state index contributed by atoms with van der Waals surface area (Å²) in [6.07, 6.45) is 5.59. The predicted octanol–water partition coefficient (Wildman–Crippen LogP) is 3.80. The topological polar surface area (TPSA) is 49.0 Å². The largest absolute Gasteiger partial charge is 0.342 e. The maximum atomic E-state index is 12.4. The third kappa shape index (κ3) is 4.63. The number of hydrogen-bond acceptors (Lipinski definition) is 3. The molecule has 0 spiro atoms. The Morgan fingerprint density at radius 2 is 1.88 bits per heavy atom. The van der Waals surface area contributed by atoms with Crippen LogP contribution >= 0.6 is 11.8 Å². The first-order valence-electron chi connectivity index (χ1n) is 8.72. The quantitative estimate of drug-likeness (QED) is 0.840. The van der Waals surface area contributed by atoms with E-state index in [1.165, 1.54) is 30.2 Å². The molecule has 128 valence electrons. The molecule has 1 fully saturated rings. The fourth-order valence-corrected chi connectivity index (χ4v) is 3.88. The van der Waals surface area contributed by atoms with E-state index < -0.39 is 0 Å². The summed E-state index contributed by atoms with van der Waals surface area (Å²) in [4.78, 5) is 22.4. The summed E-state index contributed by atoms with van der Waals surface area (Å²) in [7, 11) is 0. The number of imidazole rings is 1. The van der Waals surface area contributed by atoms with Crippen LogP contribution in [0.5, 0.6) is 0 Å². The zero-order chi connectivity index (χ0) is 16.8. The third-order valence-electron chi connectivity index (χ3n) is 4.47. The number of carbonyl (C=O) groups excluding carboxylic acids is 1. The Morgan fingerprint density at radius 3 is 2.58 bits per heavy atom. The van der Waals surface area contributed by atoms with Gasteiger partial charge in [-0.3, -0.25) is 4.79 Å². The van der Waals surface area contributed by atoms with Gasteiger partial charge in [0.15, 0.2) is 5.16 Å². The number of rotatable bonds is 5. The van der Waals surface area contributed by atoms with Crippen molar-refractivity contribution in [2.45, 2.75) is 44.2 Å². The lowest BCUT2D eigenvalue weighted by atomic mass is 10.1. The summed E-state index contributed by atoms with van der Waals surface area (Å²) >= 11 is 1.52. The first-order chi connectivity index (χ1) is 11.7. The van der Waals surface area contributed by atoms with Crippen LogP contribution in [0.25, 0.3) is 0 Å². The average molecular weight is 343 g/mol. The average Bonchev–Trinajstić information content (AvgIpc) is 2.80. The lowest BCUT2D eigenvalue weighted by molar-refractivity contribution is -0.128. The van der Waals surface area contributed by atoms with Gasteiger partial charge in [-0.25, -0.2) is 4.98 Å². The summed E-state index contributed by atoms with van der Waals surface area (Å²) in [6.45, 7) is 3.87. The number of H-pyrrole nitrogens is 1. The molecule has 0 radical (unpaired) electrons. The maximum absolute atomic E-state index is 12.4. The molecule has 5 heteroatoms. The smallest absolute Gasteiger partial charge is 0.233 e. The Bertz CT molecular complexity index is 661. The van der Waals surface area contributed by atoms with Crippen molar-refractivity contribution in [1.82, 2.24) is 14.9 Å². The van der Waals surface area contributed by atoms with Crippen LogP contribution in [-0.2, 0) is 11.2 Å². The molecule has 1 N–H and O–H groups in total. The first-order valence-corrected chi connectivity index (χ1v) is 9.71. The van der Waals surface area contributed by atoms with Crippen molar-refractivity contribution < 1.29 is 4.79 Å². The van der Waals surface area contributed by atoms with E-state index in [0.717, 1.165) is 48.9 Å². The summed E-state index contributed by atoms with van der Waals surface area (Å²) in [6, 6.07) is 10.4. The van der Waals surface area contributed by atoms with Crippen molar-refractivity contribution in [2.24, 2.45) is 0 Å². The second-order valence-electron chi connectivity index (χ2n) is 6.36. The highest BCUT2D eigenvalue weighted by atomic mass is 32.2. The van der Waals surface area contributed by atoms with Crippen LogP contribution in [0.15, 0.2) is 35.5 Å². The van der Waals surface area contributed by atoms with E-state index in [1.807, 2.05) is 30.0 Å². The van der Waals surface area contributed by atoms with Crippen LogP contribution in [0.3, 0.4) is 0 Å². The molecule has 0 saturated carbocycles. The molecule has 1 aliphatic rings. The standard InChI is InChI=1S/C19H25N3OS/c1-15-17(13-16-9-5-4-6-10-16)21-19(20-15)24-14-18(23)22-11-7-2-3-8-12-22/h4-6,9-10H,2-3,7-8,11-14H2,1H3,(H,20,21). The maximum Gasteiger partial charge on any atom is 0.233 e. The molecular formula is C19H25N3OS. The Balaban J connectivity index is 1.56. The van der Waals surface area contributed by atoms with Gasteiger partial charge in [0.25, 0.3) is 0 Å².